The third-order valence-corrected chi connectivity index (χ3v) is 6.31. The average molecular weight is 449 g/mol. The fourth-order valence-electron chi connectivity index (χ4n) is 4.44. The van der Waals surface area contributed by atoms with Crippen LogP contribution in [-0.4, -0.2) is 49.7 Å². The van der Waals surface area contributed by atoms with Gasteiger partial charge in [0.1, 0.15) is 6.04 Å². The smallest absolute Gasteiger partial charge is 0.243 e. The Morgan fingerprint density at radius 2 is 1.97 bits per heavy atom. The number of aromatic amines is 1. The van der Waals surface area contributed by atoms with Crippen molar-refractivity contribution in [2.24, 2.45) is 0 Å². The van der Waals surface area contributed by atoms with Gasteiger partial charge in [-0.2, -0.15) is 4.39 Å². The second-order valence-corrected chi connectivity index (χ2v) is 8.65. The van der Waals surface area contributed by atoms with Gasteiger partial charge in [0, 0.05) is 12.1 Å². The standard InChI is InChI=1S/C24H25FN6O2/c25-23-18(15-8-9-15)10-11-19(27-23)22(16-5-2-1-3-6-16)28-24(33)20-7-4-12-31(20)21(32)13-17-14-26-30-29-17/h1-3,5-6,10-11,14-15,20,22H,4,7-9,12-13H2,(H,28,33)(H,26,29,30)/t20-,22-/m0/s1. The van der Waals surface area contributed by atoms with Crippen LogP contribution in [0.4, 0.5) is 4.39 Å². The molecule has 2 N–H and O–H groups in total. The van der Waals surface area contributed by atoms with E-state index in [1.165, 1.54) is 6.20 Å². The number of benzene rings is 1. The maximum atomic E-state index is 14.7. The van der Waals surface area contributed by atoms with Crippen LogP contribution in [0, 0.1) is 5.95 Å². The first-order chi connectivity index (χ1) is 16.1. The highest BCUT2D eigenvalue weighted by atomic mass is 19.1. The van der Waals surface area contributed by atoms with Gasteiger partial charge in [0.25, 0.3) is 0 Å². The van der Waals surface area contributed by atoms with E-state index in [2.05, 4.69) is 25.7 Å². The number of nitrogens with one attached hydrogen (secondary N) is 2. The highest BCUT2D eigenvalue weighted by molar-refractivity contribution is 5.89. The second-order valence-electron chi connectivity index (χ2n) is 8.65. The fourth-order valence-corrected chi connectivity index (χ4v) is 4.44. The van der Waals surface area contributed by atoms with E-state index in [1.54, 1.807) is 17.0 Å². The summed E-state index contributed by atoms with van der Waals surface area (Å²) in [5.41, 5.74) is 2.48. The van der Waals surface area contributed by atoms with Gasteiger partial charge in [-0.05, 0) is 43.2 Å². The Morgan fingerprint density at radius 1 is 1.15 bits per heavy atom. The van der Waals surface area contributed by atoms with Crippen molar-refractivity contribution < 1.29 is 14.0 Å². The molecule has 0 unspecified atom stereocenters. The summed E-state index contributed by atoms with van der Waals surface area (Å²) in [4.78, 5) is 32.0. The highest BCUT2D eigenvalue weighted by Gasteiger charge is 2.36. The summed E-state index contributed by atoms with van der Waals surface area (Å²) in [7, 11) is 0. The topological polar surface area (TPSA) is 104 Å². The van der Waals surface area contributed by atoms with E-state index >= 15 is 0 Å². The molecule has 1 saturated carbocycles. The number of hydrogen-bond acceptors (Lipinski definition) is 5. The average Bonchev–Trinajstić information content (AvgIpc) is 3.31. The Labute approximate surface area is 190 Å². The molecule has 2 fully saturated rings. The van der Waals surface area contributed by atoms with Gasteiger partial charge in [0.2, 0.25) is 17.8 Å². The van der Waals surface area contributed by atoms with Gasteiger partial charge in [-0.3, -0.25) is 14.7 Å². The number of likely N-dealkylation sites (tertiary alicyclic amines) is 1. The Bertz CT molecular complexity index is 1130. The number of pyridine rings is 1. The number of carbonyl (C=O) groups is 2. The molecule has 33 heavy (non-hydrogen) atoms. The normalized spacial score (nSPS) is 18.8. The summed E-state index contributed by atoms with van der Waals surface area (Å²) < 4.78 is 14.7. The monoisotopic (exact) mass is 448 g/mol. The lowest BCUT2D eigenvalue weighted by Gasteiger charge is -2.27. The molecule has 1 aromatic carbocycles. The van der Waals surface area contributed by atoms with Crippen molar-refractivity contribution >= 4 is 11.8 Å². The van der Waals surface area contributed by atoms with Gasteiger partial charge in [-0.1, -0.05) is 41.6 Å². The molecule has 1 saturated heterocycles. The third-order valence-electron chi connectivity index (χ3n) is 6.31. The molecule has 3 aromatic rings. The van der Waals surface area contributed by atoms with Gasteiger partial charge >= 0.3 is 0 Å². The molecule has 0 spiro atoms. The molecule has 170 valence electrons. The first kappa shape index (κ1) is 21.2. The number of carbonyl (C=O) groups excluding carboxylic acids is 2. The summed E-state index contributed by atoms with van der Waals surface area (Å²) >= 11 is 0. The number of H-pyrrole nitrogens is 1. The van der Waals surface area contributed by atoms with Crippen LogP contribution >= 0.6 is 0 Å². The van der Waals surface area contributed by atoms with Crippen molar-refractivity contribution in [2.45, 2.75) is 50.1 Å². The van der Waals surface area contributed by atoms with Crippen molar-refractivity contribution in [3.63, 3.8) is 0 Å². The molecule has 2 amide bonds. The molecule has 5 rings (SSSR count). The minimum atomic E-state index is -0.615. The molecule has 2 aliphatic rings. The van der Waals surface area contributed by atoms with Crippen LogP contribution in [0.3, 0.4) is 0 Å². The van der Waals surface area contributed by atoms with Crippen molar-refractivity contribution in [1.82, 2.24) is 30.6 Å². The molecular formula is C24H25FN6O2. The summed E-state index contributed by atoms with van der Waals surface area (Å²) in [6, 6.07) is 11.7. The zero-order valence-electron chi connectivity index (χ0n) is 18.1. The van der Waals surface area contributed by atoms with E-state index in [1.807, 2.05) is 30.3 Å². The lowest BCUT2D eigenvalue weighted by atomic mass is 10.0. The van der Waals surface area contributed by atoms with Crippen LogP contribution in [0.15, 0.2) is 48.7 Å². The van der Waals surface area contributed by atoms with E-state index in [-0.39, 0.29) is 24.2 Å². The quantitative estimate of drug-likeness (QED) is 0.541. The summed E-state index contributed by atoms with van der Waals surface area (Å²) in [6.07, 6.45) is 4.88. The van der Waals surface area contributed by atoms with Crippen LogP contribution in [0.5, 0.6) is 0 Å². The van der Waals surface area contributed by atoms with E-state index in [4.69, 9.17) is 0 Å². The molecule has 2 atom stereocenters. The van der Waals surface area contributed by atoms with Crippen LogP contribution < -0.4 is 5.32 Å². The fraction of sp³-hybridized carbons (Fsp3) is 0.375. The lowest BCUT2D eigenvalue weighted by Crippen LogP contribution is -2.47. The molecule has 1 aliphatic carbocycles. The Hall–Kier alpha value is -3.62. The van der Waals surface area contributed by atoms with Crippen molar-refractivity contribution in [2.75, 3.05) is 6.54 Å². The largest absolute Gasteiger partial charge is 0.342 e. The van der Waals surface area contributed by atoms with Gasteiger partial charge in [0.15, 0.2) is 0 Å². The predicted molar refractivity (Wildman–Crippen MR) is 117 cm³/mol. The van der Waals surface area contributed by atoms with Crippen LogP contribution in [0.2, 0.25) is 0 Å². The second kappa shape index (κ2) is 9.09. The number of halogens is 1. The maximum Gasteiger partial charge on any atom is 0.243 e. The molecule has 0 radical (unpaired) electrons. The molecule has 3 heterocycles. The molecule has 8 nitrogen and oxygen atoms in total. The SMILES string of the molecule is O=C(N[C@@H](c1ccccc1)c1ccc(C2CC2)c(F)n1)[C@@H]1CCCN1C(=O)Cc1cnn[nH]1. The van der Waals surface area contributed by atoms with Gasteiger partial charge < -0.3 is 10.2 Å². The first-order valence-electron chi connectivity index (χ1n) is 11.3. The summed E-state index contributed by atoms with van der Waals surface area (Å²) in [5, 5.41) is 13.0. The van der Waals surface area contributed by atoms with Gasteiger partial charge in [-0.15, -0.1) is 5.10 Å². The zero-order chi connectivity index (χ0) is 22.8. The van der Waals surface area contributed by atoms with Crippen molar-refractivity contribution in [1.29, 1.82) is 0 Å². The molecule has 9 heteroatoms. The van der Waals surface area contributed by atoms with Crippen molar-refractivity contribution in [3.05, 3.63) is 77.1 Å². The Morgan fingerprint density at radius 3 is 2.67 bits per heavy atom. The van der Waals surface area contributed by atoms with Gasteiger partial charge in [-0.25, -0.2) is 4.98 Å². The number of nitrogens with zero attached hydrogens (tertiary/aromatic N) is 4. The van der Waals surface area contributed by atoms with E-state index in [9.17, 15) is 14.0 Å². The zero-order valence-corrected chi connectivity index (χ0v) is 18.1. The lowest BCUT2D eigenvalue weighted by molar-refractivity contribution is -0.138. The van der Waals surface area contributed by atoms with Crippen LogP contribution in [-0.2, 0) is 16.0 Å². The number of hydrogen-bond donors (Lipinski definition) is 2. The number of amides is 2. The maximum absolute atomic E-state index is 14.7. The Kier molecular flexibility index (Phi) is 5.85. The first-order valence-corrected chi connectivity index (χ1v) is 11.3. The van der Waals surface area contributed by atoms with Crippen LogP contribution in [0.1, 0.15) is 60.2 Å². The molecule has 2 aromatic heterocycles. The number of aromatic nitrogens is 4. The molecule has 1 aliphatic heterocycles. The van der Waals surface area contributed by atoms with E-state index in [0.717, 1.165) is 24.8 Å². The van der Waals surface area contributed by atoms with Gasteiger partial charge in [0.05, 0.1) is 30.0 Å². The van der Waals surface area contributed by atoms with E-state index in [0.29, 0.717) is 29.9 Å². The van der Waals surface area contributed by atoms with E-state index < -0.39 is 18.0 Å². The predicted octanol–water partition coefficient (Wildman–Crippen LogP) is 2.66. The highest BCUT2D eigenvalue weighted by Crippen LogP contribution is 2.41. The summed E-state index contributed by atoms with van der Waals surface area (Å²) in [6.45, 7) is 0.511. The summed E-state index contributed by atoms with van der Waals surface area (Å²) in [5.74, 6) is -0.658. The number of rotatable bonds is 7. The molecular weight excluding hydrogens is 423 g/mol. The third kappa shape index (κ3) is 4.62. The Balaban J connectivity index is 1.37. The van der Waals surface area contributed by atoms with Crippen LogP contribution in [0.25, 0.3) is 0 Å². The van der Waals surface area contributed by atoms with Crippen molar-refractivity contribution in [3.8, 4) is 0 Å². The minimum Gasteiger partial charge on any atom is -0.342 e. The minimum absolute atomic E-state index is 0.105. The molecule has 0 bridgehead atoms.